The van der Waals surface area contributed by atoms with Gasteiger partial charge in [0.25, 0.3) is 0 Å². The predicted octanol–water partition coefficient (Wildman–Crippen LogP) is 4.21. The number of hydrogen-bond acceptors (Lipinski definition) is 2. The molecule has 2 heteroatoms. The zero-order valence-corrected chi connectivity index (χ0v) is 13.0. The number of aromatic nitrogens is 1. The summed E-state index contributed by atoms with van der Waals surface area (Å²) in [6, 6.07) is 8.73. The second-order valence-electron chi connectivity index (χ2n) is 5.29. The summed E-state index contributed by atoms with van der Waals surface area (Å²) in [5.41, 5.74) is 6.47. The van der Waals surface area contributed by atoms with Crippen LogP contribution in [0.4, 0.5) is 0 Å². The Morgan fingerprint density at radius 3 is 2.50 bits per heavy atom. The maximum Gasteiger partial charge on any atom is 0.0346 e. The summed E-state index contributed by atoms with van der Waals surface area (Å²) >= 11 is 0. The summed E-state index contributed by atoms with van der Waals surface area (Å²) in [6.07, 6.45) is 3.94. The van der Waals surface area contributed by atoms with E-state index in [9.17, 15) is 0 Å². The molecule has 2 rings (SSSR count). The fraction of sp³-hybridized carbons (Fsp3) is 0.389. The van der Waals surface area contributed by atoms with Gasteiger partial charge in [0.05, 0.1) is 0 Å². The molecule has 0 N–H and O–H groups in total. The Bertz CT molecular complexity index is 571. The van der Waals surface area contributed by atoms with E-state index in [0.29, 0.717) is 0 Å². The molecule has 0 radical (unpaired) electrons. The molecule has 0 spiro atoms. The van der Waals surface area contributed by atoms with Crippen LogP contribution < -0.4 is 0 Å². The zero-order valence-electron chi connectivity index (χ0n) is 13.0. The molecule has 1 heterocycles. The van der Waals surface area contributed by atoms with Crippen molar-refractivity contribution in [3.8, 4) is 11.1 Å². The van der Waals surface area contributed by atoms with E-state index < -0.39 is 0 Å². The number of nitrogens with zero attached hydrogens (tertiary/aromatic N) is 2. The number of benzene rings is 1. The van der Waals surface area contributed by atoms with Gasteiger partial charge in [0.2, 0.25) is 0 Å². The van der Waals surface area contributed by atoms with Gasteiger partial charge < -0.3 is 0 Å². The highest BCUT2D eigenvalue weighted by atomic mass is 15.1. The lowest BCUT2D eigenvalue weighted by Crippen LogP contribution is -2.22. The average molecular weight is 268 g/mol. The summed E-state index contributed by atoms with van der Waals surface area (Å²) in [5, 5.41) is 0. The zero-order chi connectivity index (χ0) is 14.5. The van der Waals surface area contributed by atoms with E-state index in [0.717, 1.165) is 19.6 Å². The van der Waals surface area contributed by atoms with Gasteiger partial charge in [0.1, 0.15) is 0 Å². The highest BCUT2D eigenvalue weighted by Crippen LogP contribution is 2.25. The molecule has 0 aliphatic carbocycles. The minimum atomic E-state index is 0.971. The van der Waals surface area contributed by atoms with Crippen LogP contribution in [-0.4, -0.2) is 23.0 Å². The van der Waals surface area contributed by atoms with E-state index in [-0.39, 0.29) is 0 Å². The van der Waals surface area contributed by atoms with Crippen LogP contribution >= 0.6 is 0 Å². The van der Waals surface area contributed by atoms with Gasteiger partial charge in [-0.2, -0.15) is 0 Å². The minimum Gasteiger partial charge on any atom is -0.300 e. The molecule has 0 amide bonds. The standard InChI is InChI=1S/C18H24N2/c1-5-20(6-2)13-16-10-17(12-19-11-16)18-9-7-8-14(3)15(18)4/h7-12H,5-6,13H2,1-4H3. The van der Waals surface area contributed by atoms with E-state index in [1.165, 1.54) is 27.8 Å². The maximum atomic E-state index is 4.43. The lowest BCUT2D eigenvalue weighted by atomic mass is 9.97. The van der Waals surface area contributed by atoms with Crippen LogP contribution in [0.1, 0.15) is 30.5 Å². The second-order valence-corrected chi connectivity index (χ2v) is 5.29. The van der Waals surface area contributed by atoms with Gasteiger partial charge in [0.15, 0.2) is 0 Å². The molecule has 0 atom stereocenters. The third-order valence-electron chi connectivity index (χ3n) is 4.01. The molecule has 0 fully saturated rings. The SMILES string of the molecule is CCN(CC)Cc1cncc(-c2cccc(C)c2C)c1. The van der Waals surface area contributed by atoms with Crippen molar-refractivity contribution in [1.29, 1.82) is 0 Å². The van der Waals surface area contributed by atoms with Gasteiger partial charge in [-0.25, -0.2) is 0 Å². The number of hydrogen-bond donors (Lipinski definition) is 0. The summed E-state index contributed by atoms with van der Waals surface area (Å²) in [7, 11) is 0. The third-order valence-corrected chi connectivity index (χ3v) is 4.01. The van der Waals surface area contributed by atoms with Crippen molar-refractivity contribution in [2.75, 3.05) is 13.1 Å². The highest BCUT2D eigenvalue weighted by Gasteiger charge is 2.07. The molecule has 1 aromatic carbocycles. The summed E-state index contributed by atoms with van der Waals surface area (Å²) in [6.45, 7) is 11.9. The first-order valence-corrected chi connectivity index (χ1v) is 7.38. The van der Waals surface area contributed by atoms with Crippen molar-refractivity contribution in [2.24, 2.45) is 0 Å². The Morgan fingerprint density at radius 1 is 1.05 bits per heavy atom. The Labute approximate surface area is 122 Å². The van der Waals surface area contributed by atoms with E-state index >= 15 is 0 Å². The molecular weight excluding hydrogens is 244 g/mol. The van der Waals surface area contributed by atoms with Crippen molar-refractivity contribution in [1.82, 2.24) is 9.88 Å². The molecule has 0 saturated heterocycles. The van der Waals surface area contributed by atoms with Crippen LogP contribution in [0.2, 0.25) is 0 Å². The van der Waals surface area contributed by atoms with Gasteiger partial charge >= 0.3 is 0 Å². The quantitative estimate of drug-likeness (QED) is 0.807. The van der Waals surface area contributed by atoms with Crippen molar-refractivity contribution in [3.63, 3.8) is 0 Å². The van der Waals surface area contributed by atoms with E-state index in [1.54, 1.807) is 0 Å². The van der Waals surface area contributed by atoms with Crippen LogP contribution in [0.25, 0.3) is 11.1 Å². The largest absolute Gasteiger partial charge is 0.300 e. The number of rotatable bonds is 5. The second kappa shape index (κ2) is 6.67. The fourth-order valence-corrected chi connectivity index (χ4v) is 2.49. The predicted molar refractivity (Wildman–Crippen MR) is 85.8 cm³/mol. The van der Waals surface area contributed by atoms with Gasteiger partial charge in [-0.3, -0.25) is 9.88 Å². The number of pyridine rings is 1. The molecule has 0 aliphatic heterocycles. The van der Waals surface area contributed by atoms with Crippen LogP contribution in [0.15, 0.2) is 36.7 Å². The van der Waals surface area contributed by atoms with Crippen molar-refractivity contribution >= 4 is 0 Å². The van der Waals surface area contributed by atoms with Crippen LogP contribution in [0, 0.1) is 13.8 Å². The minimum absolute atomic E-state index is 0.971. The van der Waals surface area contributed by atoms with E-state index in [2.05, 4.69) is 61.8 Å². The first-order chi connectivity index (χ1) is 9.65. The van der Waals surface area contributed by atoms with Crippen molar-refractivity contribution in [3.05, 3.63) is 53.3 Å². The molecule has 0 unspecified atom stereocenters. The molecule has 1 aromatic heterocycles. The molecular formula is C18H24N2. The van der Waals surface area contributed by atoms with Crippen LogP contribution in [0.3, 0.4) is 0 Å². The number of aryl methyl sites for hydroxylation is 1. The molecule has 0 bridgehead atoms. The molecule has 2 nitrogen and oxygen atoms in total. The van der Waals surface area contributed by atoms with Gasteiger partial charge in [-0.15, -0.1) is 0 Å². The first kappa shape index (κ1) is 14.7. The van der Waals surface area contributed by atoms with Gasteiger partial charge in [0, 0.05) is 24.5 Å². The van der Waals surface area contributed by atoms with Crippen LogP contribution in [0.5, 0.6) is 0 Å². The summed E-state index contributed by atoms with van der Waals surface area (Å²) in [5.74, 6) is 0. The molecule has 0 aliphatic rings. The highest BCUT2D eigenvalue weighted by molar-refractivity contribution is 5.68. The summed E-state index contributed by atoms with van der Waals surface area (Å²) < 4.78 is 0. The maximum absolute atomic E-state index is 4.43. The van der Waals surface area contributed by atoms with Crippen molar-refractivity contribution < 1.29 is 0 Å². The lowest BCUT2D eigenvalue weighted by Gasteiger charge is -2.18. The molecule has 0 saturated carbocycles. The molecule has 106 valence electrons. The Kier molecular flexibility index (Phi) is 4.91. The van der Waals surface area contributed by atoms with Gasteiger partial charge in [-0.1, -0.05) is 32.0 Å². The molecule has 20 heavy (non-hydrogen) atoms. The Morgan fingerprint density at radius 2 is 1.80 bits per heavy atom. The molecule has 2 aromatic rings. The summed E-state index contributed by atoms with van der Waals surface area (Å²) in [4.78, 5) is 6.83. The van der Waals surface area contributed by atoms with E-state index in [1.807, 2.05) is 12.4 Å². The smallest absolute Gasteiger partial charge is 0.0346 e. The van der Waals surface area contributed by atoms with Crippen LogP contribution in [-0.2, 0) is 6.54 Å². The monoisotopic (exact) mass is 268 g/mol. The first-order valence-electron chi connectivity index (χ1n) is 7.38. The Hall–Kier alpha value is -1.67. The van der Waals surface area contributed by atoms with Gasteiger partial charge in [-0.05, 0) is 55.3 Å². The third kappa shape index (κ3) is 3.26. The van der Waals surface area contributed by atoms with Crippen molar-refractivity contribution in [2.45, 2.75) is 34.2 Å². The Balaban J connectivity index is 2.32. The normalized spacial score (nSPS) is 11.1. The average Bonchev–Trinajstić information content (AvgIpc) is 2.48. The van der Waals surface area contributed by atoms with E-state index in [4.69, 9.17) is 0 Å². The fourth-order valence-electron chi connectivity index (χ4n) is 2.49. The lowest BCUT2D eigenvalue weighted by molar-refractivity contribution is 0.295. The topological polar surface area (TPSA) is 16.1 Å².